The molecule has 4 nitrogen and oxygen atoms in total. The Morgan fingerprint density at radius 1 is 1.69 bits per heavy atom. The highest BCUT2D eigenvalue weighted by Crippen LogP contribution is 2.22. The number of primary amides is 1. The summed E-state index contributed by atoms with van der Waals surface area (Å²) >= 11 is 0. The monoisotopic (exact) mass is 185 g/mol. The number of amides is 2. The number of likely N-dealkylation sites (tertiary alicyclic amines) is 1. The van der Waals surface area contributed by atoms with Crippen LogP contribution in [0.25, 0.3) is 0 Å². The Bertz CT molecular complexity index is 184. The summed E-state index contributed by atoms with van der Waals surface area (Å²) in [6.45, 7) is 4.42. The van der Waals surface area contributed by atoms with Crippen LogP contribution in [0.5, 0.6) is 0 Å². The molecule has 0 aromatic rings. The molecule has 1 saturated heterocycles. The van der Waals surface area contributed by atoms with Crippen molar-refractivity contribution < 1.29 is 4.79 Å². The van der Waals surface area contributed by atoms with Crippen molar-refractivity contribution in [1.29, 1.82) is 0 Å². The molecule has 13 heavy (non-hydrogen) atoms. The van der Waals surface area contributed by atoms with Gasteiger partial charge < -0.3 is 16.4 Å². The van der Waals surface area contributed by atoms with E-state index in [0.29, 0.717) is 18.4 Å². The summed E-state index contributed by atoms with van der Waals surface area (Å²) in [6.07, 6.45) is 2.22. The van der Waals surface area contributed by atoms with E-state index >= 15 is 0 Å². The number of nitrogens with two attached hydrogens (primary N) is 2. The molecule has 1 heterocycles. The number of carbonyl (C=O) groups excluding carboxylic acids is 1. The van der Waals surface area contributed by atoms with Crippen molar-refractivity contribution in [1.82, 2.24) is 4.90 Å². The van der Waals surface area contributed by atoms with E-state index in [1.807, 2.05) is 0 Å². The Labute approximate surface area is 79.3 Å². The third-order valence-corrected chi connectivity index (χ3v) is 2.95. The molecule has 4 N–H and O–H groups in total. The molecule has 2 unspecified atom stereocenters. The van der Waals surface area contributed by atoms with Gasteiger partial charge in [-0.25, -0.2) is 4.79 Å². The van der Waals surface area contributed by atoms with E-state index in [9.17, 15) is 4.79 Å². The maximum atomic E-state index is 10.9. The maximum absolute atomic E-state index is 10.9. The summed E-state index contributed by atoms with van der Waals surface area (Å²) in [4.78, 5) is 12.7. The van der Waals surface area contributed by atoms with Crippen molar-refractivity contribution in [2.45, 2.75) is 19.8 Å². The zero-order valence-electron chi connectivity index (χ0n) is 8.20. The number of carbonyl (C=O) groups is 1. The summed E-state index contributed by atoms with van der Waals surface area (Å²) in [6, 6.07) is -0.297. The lowest BCUT2D eigenvalue weighted by Gasteiger charge is -2.34. The van der Waals surface area contributed by atoms with Gasteiger partial charge in [0, 0.05) is 13.1 Å². The van der Waals surface area contributed by atoms with Crippen LogP contribution >= 0.6 is 0 Å². The van der Waals surface area contributed by atoms with Crippen molar-refractivity contribution >= 4 is 6.03 Å². The van der Waals surface area contributed by atoms with E-state index in [1.54, 1.807) is 4.90 Å². The number of urea groups is 1. The molecule has 0 aromatic carbocycles. The molecule has 1 fully saturated rings. The quantitative estimate of drug-likeness (QED) is 0.652. The summed E-state index contributed by atoms with van der Waals surface area (Å²) in [5.74, 6) is 1.02. The number of piperidine rings is 1. The molecule has 1 rings (SSSR count). The second-order valence-corrected chi connectivity index (χ2v) is 3.90. The minimum Gasteiger partial charge on any atom is -0.351 e. The fraction of sp³-hybridized carbons (Fsp3) is 0.889. The van der Waals surface area contributed by atoms with E-state index in [0.717, 1.165) is 19.5 Å². The van der Waals surface area contributed by atoms with E-state index in [-0.39, 0.29) is 6.03 Å². The largest absolute Gasteiger partial charge is 0.351 e. The highest BCUT2D eigenvalue weighted by molar-refractivity contribution is 5.72. The van der Waals surface area contributed by atoms with E-state index in [4.69, 9.17) is 11.5 Å². The first-order valence-corrected chi connectivity index (χ1v) is 4.89. The van der Waals surface area contributed by atoms with Crippen molar-refractivity contribution in [3.05, 3.63) is 0 Å². The van der Waals surface area contributed by atoms with Crippen LogP contribution < -0.4 is 11.5 Å². The normalized spacial score (nSPS) is 25.7. The Morgan fingerprint density at radius 2 is 2.38 bits per heavy atom. The molecule has 0 radical (unpaired) electrons. The van der Waals surface area contributed by atoms with Gasteiger partial charge in [-0.15, -0.1) is 0 Å². The van der Waals surface area contributed by atoms with Gasteiger partial charge in [0.1, 0.15) is 0 Å². The van der Waals surface area contributed by atoms with E-state index in [1.165, 1.54) is 6.42 Å². The van der Waals surface area contributed by atoms with Gasteiger partial charge >= 0.3 is 6.03 Å². The molecule has 1 aliphatic rings. The maximum Gasteiger partial charge on any atom is 0.314 e. The zero-order valence-corrected chi connectivity index (χ0v) is 8.20. The minimum absolute atomic E-state index is 0.297. The van der Waals surface area contributed by atoms with Crippen LogP contribution in [0.2, 0.25) is 0 Å². The highest BCUT2D eigenvalue weighted by Gasteiger charge is 2.25. The van der Waals surface area contributed by atoms with Gasteiger partial charge in [0.05, 0.1) is 0 Å². The molecule has 4 heteroatoms. The minimum atomic E-state index is -0.297. The van der Waals surface area contributed by atoms with Gasteiger partial charge in [-0.1, -0.05) is 6.92 Å². The molecule has 76 valence electrons. The fourth-order valence-corrected chi connectivity index (χ4v) is 1.87. The van der Waals surface area contributed by atoms with Crippen LogP contribution in [-0.2, 0) is 0 Å². The van der Waals surface area contributed by atoms with Crippen molar-refractivity contribution in [2.75, 3.05) is 19.6 Å². The Morgan fingerprint density at radius 3 is 2.92 bits per heavy atom. The SMILES string of the molecule is CC(CN)C1CCCN(C(N)=O)C1. The predicted octanol–water partition coefficient (Wildman–Crippen LogP) is 0.372. The lowest BCUT2D eigenvalue weighted by atomic mass is 9.87. The average molecular weight is 185 g/mol. The Kier molecular flexibility index (Phi) is 3.54. The molecule has 2 amide bonds. The van der Waals surface area contributed by atoms with Gasteiger partial charge in [-0.05, 0) is 31.2 Å². The average Bonchev–Trinajstić information content (AvgIpc) is 2.17. The van der Waals surface area contributed by atoms with Gasteiger partial charge in [0.2, 0.25) is 0 Å². The number of hydrogen-bond acceptors (Lipinski definition) is 2. The summed E-state index contributed by atoms with van der Waals surface area (Å²) in [5, 5.41) is 0. The first-order valence-electron chi connectivity index (χ1n) is 4.89. The standard InChI is InChI=1S/C9H19N3O/c1-7(5-10)8-3-2-4-12(6-8)9(11)13/h7-8H,2-6,10H2,1H3,(H2,11,13). The van der Waals surface area contributed by atoms with Crippen LogP contribution in [0, 0.1) is 11.8 Å². The van der Waals surface area contributed by atoms with Crippen LogP contribution in [0.1, 0.15) is 19.8 Å². The topological polar surface area (TPSA) is 72.3 Å². The molecular weight excluding hydrogens is 166 g/mol. The number of hydrogen-bond donors (Lipinski definition) is 2. The third-order valence-electron chi connectivity index (χ3n) is 2.95. The fourth-order valence-electron chi connectivity index (χ4n) is 1.87. The number of nitrogens with zero attached hydrogens (tertiary/aromatic N) is 1. The molecule has 0 aliphatic carbocycles. The first-order chi connectivity index (χ1) is 6.15. The third kappa shape index (κ3) is 2.59. The first kappa shape index (κ1) is 10.3. The lowest BCUT2D eigenvalue weighted by Crippen LogP contribution is -2.45. The van der Waals surface area contributed by atoms with E-state index in [2.05, 4.69) is 6.92 Å². The Balaban J connectivity index is 2.46. The molecule has 0 saturated carbocycles. The summed E-state index contributed by atoms with van der Waals surface area (Å²) in [5.41, 5.74) is 10.8. The predicted molar refractivity (Wildman–Crippen MR) is 52.1 cm³/mol. The van der Waals surface area contributed by atoms with Gasteiger partial charge in [0.15, 0.2) is 0 Å². The molecule has 0 aromatic heterocycles. The van der Waals surface area contributed by atoms with Crippen molar-refractivity contribution in [3.8, 4) is 0 Å². The summed E-state index contributed by atoms with van der Waals surface area (Å²) < 4.78 is 0. The lowest BCUT2D eigenvalue weighted by molar-refractivity contribution is 0.153. The molecular formula is C9H19N3O. The Hall–Kier alpha value is -0.770. The second-order valence-electron chi connectivity index (χ2n) is 3.90. The van der Waals surface area contributed by atoms with Crippen LogP contribution in [-0.4, -0.2) is 30.6 Å². The van der Waals surface area contributed by atoms with Gasteiger partial charge in [0.25, 0.3) is 0 Å². The second kappa shape index (κ2) is 4.46. The molecule has 0 spiro atoms. The van der Waals surface area contributed by atoms with Crippen LogP contribution in [0.4, 0.5) is 4.79 Å². The van der Waals surface area contributed by atoms with Gasteiger partial charge in [-0.2, -0.15) is 0 Å². The molecule has 0 bridgehead atoms. The molecule has 1 aliphatic heterocycles. The summed E-state index contributed by atoms with van der Waals surface area (Å²) in [7, 11) is 0. The molecule has 2 atom stereocenters. The zero-order chi connectivity index (χ0) is 9.84. The highest BCUT2D eigenvalue weighted by atomic mass is 16.2. The van der Waals surface area contributed by atoms with Crippen LogP contribution in [0.3, 0.4) is 0 Å². The van der Waals surface area contributed by atoms with Crippen molar-refractivity contribution in [3.63, 3.8) is 0 Å². The van der Waals surface area contributed by atoms with E-state index < -0.39 is 0 Å². The van der Waals surface area contributed by atoms with Crippen LogP contribution in [0.15, 0.2) is 0 Å². The number of rotatable bonds is 2. The van der Waals surface area contributed by atoms with Gasteiger partial charge in [-0.3, -0.25) is 0 Å². The van der Waals surface area contributed by atoms with Crippen molar-refractivity contribution in [2.24, 2.45) is 23.3 Å². The smallest absolute Gasteiger partial charge is 0.314 e.